The van der Waals surface area contributed by atoms with Gasteiger partial charge in [0.15, 0.2) is 0 Å². The van der Waals surface area contributed by atoms with E-state index in [1.165, 1.54) is 0 Å². The minimum Gasteiger partial charge on any atom is -0.388 e. The largest absolute Gasteiger partial charge is 0.388 e. The van der Waals surface area contributed by atoms with Crippen LogP contribution in [0.1, 0.15) is 18.1 Å². The van der Waals surface area contributed by atoms with Crippen LogP contribution in [0.2, 0.25) is 0 Å². The van der Waals surface area contributed by atoms with E-state index in [0.717, 1.165) is 29.0 Å². The molecule has 0 saturated carbocycles. The first-order valence-electron chi connectivity index (χ1n) is 3.86. The standard InChI is InChI=1S/C8H9BrN2O/c9-7-2-1-5-6(12)3-4-10-8(5)11-7/h1-2,6,12H,3-4H2,(H,10,11)/t6-/m0/s1. The van der Waals surface area contributed by atoms with Gasteiger partial charge in [-0.2, -0.15) is 0 Å². The summed E-state index contributed by atoms with van der Waals surface area (Å²) in [5.41, 5.74) is 0.893. The highest BCUT2D eigenvalue weighted by Gasteiger charge is 2.18. The maximum absolute atomic E-state index is 9.56. The second kappa shape index (κ2) is 3.03. The first kappa shape index (κ1) is 8.01. The average molecular weight is 229 g/mol. The highest BCUT2D eigenvalue weighted by molar-refractivity contribution is 9.10. The Hall–Kier alpha value is -0.610. The first-order chi connectivity index (χ1) is 5.77. The van der Waals surface area contributed by atoms with Crippen LogP contribution in [0.15, 0.2) is 16.7 Å². The SMILES string of the molecule is O[C@H]1CCNc2nc(Br)ccc21. The number of hydrogen-bond acceptors (Lipinski definition) is 3. The number of aromatic nitrogens is 1. The van der Waals surface area contributed by atoms with Gasteiger partial charge in [-0.05, 0) is 28.4 Å². The fourth-order valence-corrected chi connectivity index (χ4v) is 1.65. The minimum atomic E-state index is -0.359. The molecule has 0 amide bonds. The molecule has 0 unspecified atom stereocenters. The van der Waals surface area contributed by atoms with Crippen LogP contribution in [-0.4, -0.2) is 16.6 Å². The number of pyridine rings is 1. The third-order valence-electron chi connectivity index (χ3n) is 1.96. The first-order valence-corrected chi connectivity index (χ1v) is 4.65. The molecule has 0 saturated heterocycles. The maximum Gasteiger partial charge on any atom is 0.133 e. The van der Waals surface area contributed by atoms with E-state index >= 15 is 0 Å². The lowest BCUT2D eigenvalue weighted by Crippen LogP contribution is -2.17. The molecule has 2 rings (SSSR count). The quantitative estimate of drug-likeness (QED) is 0.665. The molecule has 0 fully saturated rings. The predicted molar refractivity (Wildman–Crippen MR) is 50.0 cm³/mol. The van der Waals surface area contributed by atoms with E-state index in [4.69, 9.17) is 0 Å². The van der Waals surface area contributed by atoms with Gasteiger partial charge in [0.05, 0.1) is 6.10 Å². The van der Waals surface area contributed by atoms with Gasteiger partial charge in [0.2, 0.25) is 0 Å². The molecule has 1 aliphatic rings. The normalized spacial score (nSPS) is 21.3. The molecule has 1 aromatic heterocycles. The van der Waals surface area contributed by atoms with Gasteiger partial charge >= 0.3 is 0 Å². The number of fused-ring (bicyclic) bond motifs is 1. The van der Waals surface area contributed by atoms with E-state index in [1.807, 2.05) is 12.1 Å². The van der Waals surface area contributed by atoms with Gasteiger partial charge in [-0.1, -0.05) is 6.07 Å². The van der Waals surface area contributed by atoms with Crippen molar-refractivity contribution in [1.82, 2.24) is 4.98 Å². The minimum absolute atomic E-state index is 0.359. The summed E-state index contributed by atoms with van der Waals surface area (Å²) >= 11 is 3.28. The molecule has 64 valence electrons. The monoisotopic (exact) mass is 228 g/mol. The molecule has 1 atom stereocenters. The molecule has 1 aliphatic heterocycles. The second-order valence-corrected chi connectivity index (χ2v) is 3.62. The van der Waals surface area contributed by atoms with E-state index < -0.39 is 0 Å². The summed E-state index contributed by atoms with van der Waals surface area (Å²) in [6.45, 7) is 0.789. The average Bonchev–Trinajstić information content (AvgIpc) is 2.04. The van der Waals surface area contributed by atoms with Crippen molar-refractivity contribution in [3.8, 4) is 0 Å². The molecule has 4 heteroatoms. The smallest absolute Gasteiger partial charge is 0.133 e. The molecule has 0 aromatic carbocycles. The van der Waals surface area contributed by atoms with Crippen molar-refractivity contribution in [2.24, 2.45) is 0 Å². The Kier molecular flexibility index (Phi) is 2.02. The van der Waals surface area contributed by atoms with Crippen molar-refractivity contribution in [1.29, 1.82) is 0 Å². The van der Waals surface area contributed by atoms with Gasteiger partial charge in [0.25, 0.3) is 0 Å². The topological polar surface area (TPSA) is 45.1 Å². The number of hydrogen-bond donors (Lipinski definition) is 2. The Morgan fingerprint density at radius 1 is 1.58 bits per heavy atom. The molecule has 0 radical (unpaired) electrons. The zero-order valence-corrected chi connectivity index (χ0v) is 8.00. The summed E-state index contributed by atoms with van der Waals surface area (Å²) < 4.78 is 0.794. The van der Waals surface area contributed by atoms with Crippen LogP contribution in [0.3, 0.4) is 0 Å². The van der Waals surface area contributed by atoms with E-state index in [2.05, 4.69) is 26.2 Å². The number of halogens is 1. The van der Waals surface area contributed by atoms with Gasteiger partial charge in [0, 0.05) is 12.1 Å². The molecular weight excluding hydrogens is 220 g/mol. The predicted octanol–water partition coefficient (Wildman–Crippen LogP) is 1.69. The lowest BCUT2D eigenvalue weighted by Gasteiger charge is -2.21. The fourth-order valence-electron chi connectivity index (χ4n) is 1.34. The Morgan fingerprint density at radius 3 is 3.25 bits per heavy atom. The van der Waals surface area contributed by atoms with Crippen LogP contribution in [0.25, 0.3) is 0 Å². The summed E-state index contributed by atoms with van der Waals surface area (Å²) in [5.74, 6) is 0.795. The van der Waals surface area contributed by atoms with Crippen molar-refractivity contribution in [3.63, 3.8) is 0 Å². The molecule has 2 N–H and O–H groups in total. The van der Waals surface area contributed by atoms with E-state index in [0.29, 0.717) is 0 Å². The number of rotatable bonds is 0. The van der Waals surface area contributed by atoms with Crippen molar-refractivity contribution in [2.45, 2.75) is 12.5 Å². The van der Waals surface area contributed by atoms with Crippen LogP contribution < -0.4 is 5.32 Å². The van der Waals surface area contributed by atoms with Crippen LogP contribution >= 0.6 is 15.9 Å². The van der Waals surface area contributed by atoms with Gasteiger partial charge in [0.1, 0.15) is 10.4 Å². The Labute approximate surface area is 79.0 Å². The van der Waals surface area contributed by atoms with Crippen molar-refractivity contribution in [2.75, 3.05) is 11.9 Å². The van der Waals surface area contributed by atoms with Crippen LogP contribution in [0.4, 0.5) is 5.82 Å². The fraction of sp³-hybridized carbons (Fsp3) is 0.375. The van der Waals surface area contributed by atoms with E-state index in [1.54, 1.807) is 0 Å². The van der Waals surface area contributed by atoms with Gasteiger partial charge < -0.3 is 10.4 Å². The summed E-state index contributed by atoms with van der Waals surface area (Å²) in [5, 5.41) is 12.7. The van der Waals surface area contributed by atoms with Crippen LogP contribution in [0.5, 0.6) is 0 Å². The summed E-state index contributed by atoms with van der Waals surface area (Å²) in [7, 11) is 0. The summed E-state index contributed by atoms with van der Waals surface area (Å²) in [4.78, 5) is 4.21. The van der Waals surface area contributed by atoms with Crippen LogP contribution in [-0.2, 0) is 0 Å². The Morgan fingerprint density at radius 2 is 2.42 bits per heavy atom. The molecule has 2 heterocycles. The third-order valence-corrected chi connectivity index (χ3v) is 2.40. The lowest BCUT2D eigenvalue weighted by molar-refractivity contribution is 0.168. The van der Waals surface area contributed by atoms with Crippen molar-refractivity contribution < 1.29 is 5.11 Å². The highest BCUT2D eigenvalue weighted by atomic mass is 79.9. The zero-order chi connectivity index (χ0) is 8.55. The molecule has 0 bridgehead atoms. The zero-order valence-electron chi connectivity index (χ0n) is 6.42. The second-order valence-electron chi connectivity index (χ2n) is 2.80. The molecule has 3 nitrogen and oxygen atoms in total. The number of nitrogens with one attached hydrogen (secondary N) is 1. The summed E-state index contributed by atoms with van der Waals surface area (Å²) in [6, 6.07) is 3.73. The van der Waals surface area contributed by atoms with Gasteiger partial charge in [-0.3, -0.25) is 0 Å². The van der Waals surface area contributed by atoms with E-state index in [-0.39, 0.29) is 6.10 Å². The third kappa shape index (κ3) is 1.32. The molecular formula is C8H9BrN2O. The van der Waals surface area contributed by atoms with Crippen LogP contribution in [0, 0.1) is 0 Å². The van der Waals surface area contributed by atoms with Crippen molar-refractivity contribution >= 4 is 21.7 Å². The maximum atomic E-state index is 9.56. The van der Waals surface area contributed by atoms with Gasteiger partial charge in [-0.15, -0.1) is 0 Å². The number of anilines is 1. The summed E-state index contributed by atoms with van der Waals surface area (Å²) in [6.07, 6.45) is 0.401. The Bertz CT molecular complexity index is 303. The Balaban J connectivity index is 2.46. The number of aliphatic hydroxyl groups excluding tert-OH is 1. The van der Waals surface area contributed by atoms with Gasteiger partial charge in [-0.25, -0.2) is 4.98 Å². The van der Waals surface area contributed by atoms with Crippen molar-refractivity contribution in [3.05, 3.63) is 22.3 Å². The molecule has 1 aromatic rings. The number of aliphatic hydroxyl groups is 1. The molecule has 0 aliphatic carbocycles. The lowest BCUT2D eigenvalue weighted by atomic mass is 10.0. The van der Waals surface area contributed by atoms with E-state index in [9.17, 15) is 5.11 Å². The molecule has 12 heavy (non-hydrogen) atoms. The highest BCUT2D eigenvalue weighted by Crippen LogP contribution is 2.28. The molecule has 0 spiro atoms. The number of nitrogens with zero attached hydrogens (tertiary/aromatic N) is 1.